The van der Waals surface area contributed by atoms with Gasteiger partial charge in [0.25, 0.3) is 0 Å². The number of aromatic nitrogens is 2. The van der Waals surface area contributed by atoms with Crippen LogP contribution < -0.4 is 5.73 Å². The van der Waals surface area contributed by atoms with E-state index in [1.165, 1.54) is 0 Å². The molecule has 0 saturated heterocycles. The van der Waals surface area contributed by atoms with Crippen LogP contribution in [0.3, 0.4) is 0 Å². The maximum atomic E-state index is 6.13. The molecule has 0 amide bonds. The molecule has 2 unspecified atom stereocenters. The molecule has 0 radical (unpaired) electrons. The van der Waals surface area contributed by atoms with Crippen LogP contribution >= 0.6 is 15.9 Å². The lowest BCUT2D eigenvalue weighted by atomic mass is 10.0. The smallest absolute Gasteiger partial charge is 0.0690 e. The molecule has 86 valence electrons. The Morgan fingerprint density at radius 1 is 1.67 bits per heavy atom. The van der Waals surface area contributed by atoms with E-state index in [1.807, 2.05) is 11.7 Å². The van der Waals surface area contributed by atoms with Gasteiger partial charge in [0.2, 0.25) is 0 Å². The number of hydrogen-bond acceptors (Lipinski definition) is 3. The molecule has 0 fully saturated rings. The highest BCUT2D eigenvalue weighted by atomic mass is 79.9. The molecule has 0 aliphatic rings. The van der Waals surface area contributed by atoms with Crippen LogP contribution in [0, 0.1) is 5.92 Å². The number of halogens is 1. The van der Waals surface area contributed by atoms with Crippen molar-refractivity contribution in [2.75, 3.05) is 13.7 Å². The van der Waals surface area contributed by atoms with Gasteiger partial charge >= 0.3 is 0 Å². The average Bonchev–Trinajstić information content (AvgIpc) is 2.46. The highest BCUT2D eigenvalue weighted by Gasteiger charge is 2.17. The number of hydrogen-bond donors (Lipinski definition) is 1. The van der Waals surface area contributed by atoms with Gasteiger partial charge in [-0.3, -0.25) is 4.68 Å². The van der Waals surface area contributed by atoms with Crippen molar-refractivity contribution < 1.29 is 4.74 Å². The van der Waals surface area contributed by atoms with Crippen molar-refractivity contribution in [1.29, 1.82) is 0 Å². The summed E-state index contributed by atoms with van der Waals surface area (Å²) in [6.07, 6.45) is 2.67. The Kier molecular flexibility index (Phi) is 4.76. The molecule has 0 aromatic carbocycles. The van der Waals surface area contributed by atoms with Crippen LogP contribution in [-0.4, -0.2) is 23.5 Å². The molecule has 1 rings (SSSR count). The first-order chi connectivity index (χ1) is 7.06. The Labute approximate surface area is 98.9 Å². The Balaban J connectivity index is 2.64. The quantitative estimate of drug-likeness (QED) is 0.893. The summed E-state index contributed by atoms with van der Waals surface area (Å²) in [6, 6.07) is -0.00275. The van der Waals surface area contributed by atoms with Gasteiger partial charge in [-0.2, -0.15) is 5.10 Å². The fourth-order valence-electron chi connectivity index (χ4n) is 1.73. The van der Waals surface area contributed by atoms with E-state index in [-0.39, 0.29) is 6.04 Å². The van der Waals surface area contributed by atoms with E-state index in [1.54, 1.807) is 13.3 Å². The zero-order valence-electron chi connectivity index (χ0n) is 9.40. The van der Waals surface area contributed by atoms with Crippen molar-refractivity contribution in [1.82, 2.24) is 9.78 Å². The van der Waals surface area contributed by atoms with Crippen LogP contribution in [-0.2, 0) is 11.8 Å². The molecule has 1 aromatic heterocycles. The van der Waals surface area contributed by atoms with Gasteiger partial charge in [0.1, 0.15) is 0 Å². The maximum Gasteiger partial charge on any atom is 0.0690 e. The normalized spacial score (nSPS) is 15.3. The molecule has 2 N–H and O–H groups in total. The Morgan fingerprint density at radius 3 is 2.80 bits per heavy atom. The second-order valence-electron chi connectivity index (χ2n) is 3.90. The largest absolute Gasteiger partial charge is 0.384 e. The highest BCUT2D eigenvalue weighted by Crippen LogP contribution is 2.25. The van der Waals surface area contributed by atoms with Gasteiger partial charge in [0, 0.05) is 26.8 Å². The molecule has 15 heavy (non-hydrogen) atoms. The summed E-state index contributed by atoms with van der Waals surface area (Å²) in [5, 5.41) is 4.15. The van der Waals surface area contributed by atoms with Crippen molar-refractivity contribution in [3.8, 4) is 0 Å². The average molecular weight is 276 g/mol. The number of rotatable bonds is 5. The van der Waals surface area contributed by atoms with Crippen molar-refractivity contribution in [2.24, 2.45) is 18.7 Å². The van der Waals surface area contributed by atoms with Gasteiger partial charge in [0.05, 0.1) is 16.4 Å². The minimum Gasteiger partial charge on any atom is -0.384 e. The summed E-state index contributed by atoms with van der Waals surface area (Å²) in [7, 11) is 3.61. The molecule has 0 aliphatic carbocycles. The molecule has 4 nitrogen and oxygen atoms in total. The van der Waals surface area contributed by atoms with E-state index in [0.717, 1.165) is 23.2 Å². The Hall–Kier alpha value is -0.390. The van der Waals surface area contributed by atoms with E-state index in [2.05, 4.69) is 28.0 Å². The predicted octanol–water partition coefficient (Wildman–Crippen LogP) is 1.86. The third kappa shape index (κ3) is 3.29. The van der Waals surface area contributed by atoms with Crippen molar-refractivity contribution in [3.63, 3.8) is 0 Å². The zero-order valence-corrected chi connectivity index (χ0v) is 11.0. The summed E-state index contributed by atoms with van der Waals surface area (Å²) in [4.78, 5) is 0. The van der Waals surface area contributed by atoms with E-state index >= 15 is 0 Å². The van der Waals surface area contributed by atoms with E-state index < -0.39 is 0 Å². The number of ether oxygens (including phenoxy) is 1. The second kappa shape index (κ2) is 5.63. The minimum absolute atomic E-state index is 0.00275. The Bertz CT molecular complexity index is 294. The first-order valence-electron chi connectivity index (χ1n) is 4.98. The first-order valence-corrected chi connectivity index (χ1v) is 5.77. The highest BCUT2D eigenvalue weighted by molar-refractivity contribution is 9.10. The van der Waals surface area contributed by atoms with Gasteiger partial charge in [0.15, 0.2) is 0 Å². The van der Waals surface area contributed by atoms with Crippen LogP contribution in [0.4, 0.5) is 0 Å². The SMILES string of the molecule is COCC(C)CC(N)c1c(Br)cnn1C. The molecular formula is C10H18BrN3O. The maximum absolute atomic E-state index is 6.13. The predicted molar refractivity (Wildman–Crippen MR) is 63.5 cm³/mol. The number of aryl methyl sites for hydroxylation is 1. The lowest BCUT2D eigenvalue weighted by Gasteiger charge is -2.17. The second-order valence-corrected chi connectivity index (χ2v) is 4.76. The molecule has 0 spiro atoms. The molecule has 1 heterocycles. The number of nitrogens with two attached hydrogens (primary N) is 1. The summed E-state index contributed by atoms with van der Waals surface area (Å²) < 4.78 is 7.88. The molecule has 5 heteroatoms. The van der Waals surface area contributed by atoms with Crippen molar-refractivity contribution >= 4 is 15.9 Å². The van der Waals surface area contributed by atoms with E-state index in [0.29, 0.717) is 5.92 Å². The van der Waals surface area contributed by atoms with Crippen molar-refractivity contribution in [3.05, 3.63) is 16.4 Å². The molecule has 0 saturated carbocycles. The van der Waals surface area contributed by atoms with Gasteiger partial charge in [-0.15, -0.1) is 0 Å². The lowest BCUT2D eigenvalue weighted by molar-refractivity contribution is 0.151. The van der Waals surface area contributed by atoms with Gasteiger partial charge in [-0.25, -0.2) is 0 Å². The van der Waals surface area contributed by atoms with Crippen LogP contribution in [0.5, 0.6) is 0 Å². The summed E-state index contributed by atoms with van der Waals surface area (Å²) in [5.41, 5.74) is 7.17. The summed E-state index contributed by atoms with van der Waals surface area (Å²) in [5.74, 6) is 0.451. The number of nitrogens with zero attached hydrogens (tertiary/aromatic N) is 2. The minimum atomic E-state index is -0.00275. The topological polar surface area (TPSA) is 53.1 Å². The zero-order chi connectivity index (χ0) is 11.4. The third-order valence-electron chi connectivity index (χ3n) is 2.40. The molecule has 0 bridgehead atoms. The molecular weight excluding hydrogens is 258 g/mol. The van der Waals surface area contributed by atoms with Crippen LogP contribution in [0.2, 0.25) is 0 Å². The van der Waals surface area contributed by atoms with Crippen LogP contribution in [0.1, 0.15) is 25.1 Å². The van der Waals surface area contributed by atoms with Crippen molar-refractivity contribution in [2.45, 2.75) is 19.4 Å². The van der Waals surface area contributed by atoms with Crippen LogP contribution in [0.25, 0.3) is 0 Å². The van der Waals surface area contributed by atoms with Gasteiger partial charge < -0.3 is 10.5 Å². The number of methoxy groups -OCH3 is 1. The van der Waals surface area contributed by atoms with E-state index in [4.69, 9.17) is 10.5 Å². The first kappa shape index (κ1) is 12.7. The fourth-order valence-corrected chi connectivity index (χ4v) is 2.38. The molecule has 1 aromatic rings. The monoisotopic (exact) mass is 275 g/mol. The molecule has 2 atom stereocenters. The van der Waals surface area contributed by atoms with Gasteiger partial charge in [-0.05, 0) is 28.3 Å². The third-order valence-corrected chi connectivity index (χ3v) is 3.01. The lowest BCUT2D eigenvalue weighted by Crippen LogP contribution is -2.19. The van der Waals surface area contributed by atoms with Gasteiger partial charge in [-0.1, -0.05) is 6.92 Å². The van der Waals surface area contributed by atoms with Crippen LogP contribution in [0.15, 0.2) is 10.7 Å². The Morgan fingerprint density at radius 2 is 2.33 bits per heavy atom. The summed E-state index contributed by atoms with van der Waals surface area (Å²) in [6.45, 7) is 2.87. The molecule has 0 aliphatic heterocycles. The fraction of sp³-hybridized carbons (Fsp3) is 0.700. The van der Waals surface area contributed by atoms with E-state index in [9.17, 15) is 0 Å². The summed E-state index contributed by atoms with van der Waals surface area (Å²) >= 11 is 3.45. The standard InChI is InChI=1S/C10H18BrN3O/c1-7(6-15-3)4-9(12)10-8(11)5-13-14(10)2/h5,7,9H,4,6,12H2,1-3H3.